The van der Waals surface area contributed by atoms with E-state index < -0.39 is 0 Å². The molecule has 0 bridgehead atoms. The highest BCUT2D eigenvalue weighted by Gasteiger charge is 1.98. The molecule has 0 aliphatic rings. The van der Waals surface area contributed by atoms with E-state index in [9.17, 15) is 0 Å². The smallest absolute Gasteiger partial charge is 0.159 e. The Morgan fingerprint density at radius 2 is 2.23 bits per heavy atom. The highest BCUT2D eigenvalue weighted by molar-refractivity contribution is 9.10. The fourth-order valence-electron chi connectivity index (χ4n) is 1.11. The van der Waals surface area contributed by atoms with E-state index in [1.807, 2.05) is 12.1 Å². The van der Waals surface area contributed by atoms with Crippen molar-refractivity contribution < 1.29 is 5.11 Å². The number of hydrogen-bond acceptors (Lipinski definition) is 3. The van der Waals surface area contributed by atoms with Gasteiger partial charge in [-0.25, -0.2) is 9.97 Å². The van der Waals surface area contributed by atoms with Crippen LogP contribution in [0.1, 0.15) is 5.69 Å². The molecule has 0 aromatic carbocycles. The molecule has 0 saturated carbocycles. The number of fused-ring (bicyclic) bond motifs is 1. The van der Waals surface area contributed by atoms with Crippen LogP contribution in [0.4, 0.5) is 0 Å². The second-order valence-electron chi connectivity index (χ2n) is 2.66. The van der Waals surface area contributed by atoms with Gasteiger partial charge in [-0.1, -0.05) is 0 Å². The van der Waals surface area contributed by atoms with Crippen LogP contribution >= 0.6 is 15.9 Å². The van der Waals surface area contributed by atoms with Crippen molar-refractivity contribution in [3.8, 4) is 0 Å². The van der Waals surface area contributed by atoms with Crippen LogP contribution in [-0.2, 0) is 6.61 Å². The van der Waals surface area contributed by atoms with Crippen molar-refractivity contribution in [2.75, 3.05) is 0 Å². The maximum Gasteiger partial charge on any atom is 0.159 e. The summed E-state index contributed by atoms with van der Waals surface area (Å²) in [6.45, 7) is -0.0479. The molecule has 0 aliphatic heterocycles. The maximum atomic E-state index is 8.85. The maximum absolute atomic E-state index is 8.85. The first-order valence-corrected chi connectivity index (χ1v) is 4.61. The molecule has 66 valence electrons. The van der Waals surface area contributed by atoms with Crippen LogP contribution in [0.3, 0.4) is 0 Å². The summed E-state index contributed by atoms with van der Waals surface area (Å²) >= 11 is 3.33. The third kappa shape index (κ3) is 1.68. The highest BCUT2D eigenvalue weighted by Crippen LogP contribution is 2.15. The first-order valence-electron chi connectivity index (χ1n) is 3.81. The molecule has 0 atom stereocenters. The van der Waals surface area contributed by atoms with E-state index in [0.29, 0.717) is 11.3 Å². The van der Waals surface area contributed by atoms with Crippen molar-refractivity contribution in [1.29, 1.82) is 0 Å². The average molecular weight is 239 g/mol. The summed E-state index contributed by atoms with van der Waals surface area (Å²) in [5.74, 6) is 0. The van der Waals surface area contributed by atoms with E-state index in [2.05, 4.69) is 25.9 Å². The van der Waals surface area contributed by atoms with Crippen LogP contribution in [0.5, 0.6) is 0 Å². The van der Waals surface area contributed by atoms with Gasteiger partial charge in [0, 0.05) is 16.1 Å². The number of rotatable bonds is 1. The summed E-state index contributed by atoms with van der Waals surface area (Å²) < 4.78 is 0.929. The van der Waals surface area contributed by atoms with Gasteiger partial charge in [-0.2, -0.15) is 0 Å². The summed E-state index contributed by atoms with van der Waals surface area (Å²) in [4.78, 5) is 8.27. The number of aliphatic hydroxyl groups is 1. The second-order valence-corrected chi connectivity index (χ2v) is 3.58. The largest absolute Gasteiger partial charge is 0.390 e. The van der Waals surface area contributed by atoms with Crippen molar-refractivity contribution in [3.05, 3.63) is 34.6 Å². The second kappa shape index (κ2) is 3.40. The molecule has 3 nitrogen and oxygen atoms in total. The Hall–Kier alpha value is -1.00. The molecule has 13 heavy (non-hydrogen) atoms. The predicted molar refractivity (Wildman–Crippen MR) is 53.2 cm³/mol. The monoisotopic (exact) mass is 238 g/mol. The average Bonchev–Trinajstić information content (AvgIpc) is 2.17. The van der Waals surface area contributed by atoms with Crippen LogP contribution in [0.2, 0.25) is 0 Å². The minimum atomic E-state index is -0.0479. The summed E-state index contributed by atoms with van der Waals surface area (Å²) in [7, 11) is 0. The molecule has 0 aliphatic carbocycles. The lowest BCUT2D eigenvalue weighted by atomic mass is 10.2. The SMILES string of the molecule is OCc1ccc2cc(Br)cnc2n1. The Kier molecular flexibility index (Phi) is 2.24. The number of nitrogens with zero attached hydrogens (tertiary/aromatic N) is 2. The van der Waals surface area contributed by atoms with Crippen LogP contribution in [0.15, 0.2) is 28.9 Å². The fourth-order valence-corrected chi connectivity index (χ4v) is 1.46. The van der Waals surface area contributed by atoms with E-state index in [0.717, 1.165) is 9.86 Å². The molecule has 0 spiro atoms. The molecule has 0 amide bonds. The van der Waals surface area contributed by atoms with Crippen molar-refractivity contribution in [2.45, 2.75) is 6.61 Å². The van der Waals surface area contributed by atoms with Crippen LogP contribution in [-0.4, -0.2) is 15.1 Å². The van der Waals surface area contributed by atoms with E-state index in [1.165, 1.54) is 0 Å². The van der Waals surface area contributed by atoms with Crippen molar-refractivity contribution >= 4 is 27.0 Å². The van der Waals surface area contributed by atoms with Crippen LogP contribution in [0.25, 0.3) is 11.0 Å². The number of aromatic nitrogens is 2. The predicted octanol–water partition coefficient (Wildman–Crippen LogP) is 1.88. The van der Waals surface area contributed by atoms with Gasteiger partial charge in [0.2, 0.25) is 0 Å². The van der Waals surface area contributed by atoms with E-state index in [-0.39, 0.29) is 6.61 Å². The first kappa shape index (κ1) is 8.59. The van der Waals surface area contributed by atoms with Gasteiger partial charge in [0.1, 0.15) is 0 Å². The summed E-state index contributed by atoms with van der Waals surface area (Å²) in [5.41, 5.74) is 1.30. The highest BCUT2D eigenvalue weighted by atomic mass is 79.9. The van der Waals surface area contributed by atoms with Gasteiger partial charge < -0.3 is 5.11 Å². The topological polar surface area (TPSA) is 46.0 Å². The molecule has 0 fully saturated rings. The number of pyridine rings is 2. The Morgan fingerprint density at radius 1 is 1.38 bits per heavy atom. The Labute approximate surface area is 83.6 Å². The molecule has 2 aromatic rings. The summed E-state index contributed by atoms with van der Waals surface area (Å²) in [6, 6.07) is 5.62. The molecule has 1 N–H and O–H groups in total. The van der Waals surface area contributed by atoms with Crippen molar-refractivity contribution in [3.63, 3.8) is 0 Å². The van der Waals surface area contributed by atoms with Crippen LogP contribution < -0.4 is 0 Å². The normalized spacial score (nSPS) is 10.6. The van der Waals surface area contributed by atoms with Gasteiger partial charge >= 0.3 is 0 Å². The molecule has 0 unspecified atom stereocenters. The minimum absolute atomic E-state index is 0.0479. The zero-order chi connectivity index (χ0) is 9.26. The third-order valence-electron chi connectivity index (χ3n) is 1.73. The fraction of sp³-hybridized carbons (Fsp3) is 0.111. The van der Waals surface area contributed by atoms with Gasteiger partial charge in [-0.05, 0) is 34.1 Å². The molecular formula is C9H7BrN2O. The molecule has 4 heteroatoms. The molecule has 0 radical (unpaired) electrons. The lowest BCUT2D eigenvalue weighted by molar-refractivity contribution is 0.277. The van der Waals surface area contributed by atoms with Crippen LogP contribution in [0, 0.1) is 0 Å². The van der Waals surface area contributed by atoms with Gasteiger partial charge in [0.05, 0.1) is 12.3 Å². The van der Waals surface area contributed by atoms with E-state index >= 15 is 0 Å². The quantitative estimate of drug-likeness (QED) is 0.826. The molecule has 2 heterocycles. The van der Waals surface area contributed by atoms with Crippen molar-refractivity contribution in [2.24, 2.45) is 0 Å². The Balaban J connectivity index is 2.66. The van der Waals surface area contributed by atoms with E-state index in [1.54, 1.807) is 12.3 Å². The van der Waals surface area contributed by atoms with Crippen molar-refractivity contribution in [1.82, 2.24) is 9.97 Å². The van der Waals surface area contributed by atoms with Gasteiger partial charge in [-0.15, -0.1) is 0 Å². The zero-order valence-corrected chi connectivity index (χ0v) is 8.32. The standard InChI is InChI=1S/C9H7BrN2O/c10-7-3-6-1-2-8(5-13)12-9(6)11-4-7/h1-4,13H,5H2. The zero-order valence-electron chi connectivity index (χ0n) is 6.74. The molecule has 2 aromatic heterocycles. The first-order chi connectivity index (χ1) is 6.29. The Bertz CT molecular complexity index is 445. The summed E-state index contributed by atoms with van der Waals surface area (Å²) in [6.07, 6.45) is 1.69. The Morgan fingerprint density at radius 3 is 3.00 bits per heavy atom. The van der Waals surface area contributed by atoms with Gasteiger partial charge in [0.15, 0.2) is 5.65 Å². The van der Waals surface area contributed by atoms with E-state index in [4.69, 9.17) is 5.11 Å². The van der Waals surface area contributed by atoms with Gasteiger partial charge in [-0.3, -0.25) is 0 Å². The number of halogens is 1. The van der Waals surface area contributed by atoms with Gasteiger partial charge in [0.25, 0.3) is 0 Å². The third-order valence-corrected chi connectivity index (χ3v) is 2.16. The lowest BCUT2D eigenvalue weighted by Crippen LogP contribution is -1.91. The number of aliphatic hydroxyl groups excluding tert-OH is 1. The lowest BCUT2D eigenvalue weighted by Gasteiger charge is -1.99. The number of hydrogen-bond donors (Lipinski definition) is 1. The molecular weight excluding hydrogens is 232 g/mol. The molecule has 2 rings (SSSR count). The summed E-state index contributed by atoms with van der Waals surface area (Å²) in [5, 5.41) is 9.82. The minimum Gasteiger partial charge on any atom is -0.390 e. The molecule has 0 saturated heterocycles.